The molecular weight excluding hydrogens is 230 g/mol. The highest BCUT2D eigenvalue weighted by Gasteiger charge is 2.28. The fourth-order valence-electron chi connectivity index (χ4n) is 2.76. The van der Waals surface area contributed by atoms with Crippen molar-refractivity contribution in [2.24, 2.45) is 5.92 Å². The lowest BCUT2D eigenvalue weighted by Gasteiger charge is -2.21. The molecule has 2 heterocycles. The summed E-state index contributed by atoms with van der Waals surface area (Å²) in [7, 11) is 1.96. The molecule has 1 aromatic heterocycles. The van der Waals surface area contributed by atoms with Crippen molar-refractivity contribution in [3.63, 3.8) is 0 Å². The summed E-state index contributed by atoms with van der Waals surface area (Å²) < 4.78 is 9.13. The highest BCUT2D eigenvalue weighted by molar-refractivity contribution is 4.92. The van der Waals surface area contributed by atoms with Gasteiger partial charge in [0.15, 0.2) is 0 Å². The summed E-state index contributed by atoms with van der Waals surface area (Å²) in [4.78, 5) is 12.2. The van der Waals surface area contributed by atoms with Crippen LogP contribution in [0.2, 0.25) is 0 Å². The molecule has 2 unspecified atom stereocenters. The van der Waals surface area contributed by atoms with Crippen LogP contribution in [-0.2, 0) is 11.3 Å². The van der Waals surface area contributed by atoms with Gasteiger partial charge in [0.2, 0.25) is 0 Å². The Balaban J connectivity index is 1.72. The molecule has 0 amide bonds. The van der Waals surface area contributed by atoms with Gasteiger partial charge in [0.25, 0.3) is 0 Å². The summed E-state index contributed by atoms with van der Waals surface area (Å²) >= 11 is 0. The Labute approximate surface area is 107 Å². The predicted molar refractivity (Wildman–Crippen MR) is 68.7 cm³/mol. The minimum atomic E-state index is 0.136. The number of likely N-dealkylation sites (N-methyl/N-ethyl adjacent to an activating group) is 1. The molecule has 1 saturated carbocycles. The van der Waals surface area contributed by atoms with E-state index in [1.165, 1.54) is 0 Å². The largest absolute Gasteiger partial charge is 0.381 e. The molecule has 1 aromatic rings. The first-order valence-corrected chi connectivity index (χ1v) is 6.82. The number of nitrogens with one attached hydrogen (secondary N) is 1. The van der Waals surface area contributed by atoms with E-state index in [1.54, 1.807) is 0 Å². The molecule has 2 fully saturated rings. The molecule has 2 atom stereocenters. The second-order valence-electron chi connectivity index (χ2n) is 5.39. The maximum Gasteiger partial charge on any atom is 0.328 e. The fourth-order valence-corrected chi connectivity index (χ4v) is 2.76. The van der Waals surface area contributed by atoms with Crippen LogP contribution in [0.15, 0.2) is 17.2 Å². The van der Waals surface area contributed by atoms with Gasteiger partial charge in [-0.3, -0.25) is 9.13 Å². The van der Waals surface area contributed by atoms with Crippen LogP contribution < -0.4 is 11.0 Å². The van der Waals surface area contributed by atoms with Crippen LogP contribution in [0.1, 0.15) is 25.3 Å². The second-order valence-corrected chi connectivity index (χ2v) is 5.39. The van der Waals surface area contributed by atoms with E-state index in [4.69, 9.17) is 4.74 Å². The number of ether oxygens (including phenoxy) is 1. The molecule has 5 heteroatoms. The fraction of sp³-hybridized carbons (Fsp3) is 0.769. The van der Waals surface area contributed by atoms with Crippen LogP contribution in [0, 0.1) is 5.92 Å². The van der Waals surface area contributed by atoms with Gasteiger partial charge in [0.1, 0.15) is 0 Å². The van der Waals surface area contributed by atoms with E-state index in [9.17, 15) is 4.79 Å². The van der Waals surface area contributed by atoms with Gasteiger partial charge in [-0.2, -0.15) is 0 Å². The average molecular weight is 251 g/mol. The Kier molecular flexibility index (Phi) is 3.26. The van der Waals surface area contributed by atoms with Gasteiger partial charge in [0, 0.05) is 43.5 Å². The van der Waals surface area contributed by atoms with Crippen LogP contribution >= 0.6 is 0 Å². The highest BCUT2D eigenvalue weighted by Crippen LogP contribution is 2.33. The van der Waals surface area contributed by atoms with Crippen molar-refractivity contribution >= 4 is 0 Å². The summed E-state index contributed by atoms with van der Waals surface area (Å²) in [6.45, 7) is 2.40. The molecule has 3 rings (SSSR count). The number of imidazole rings is 1. The Morgan fingerprint density at radius 1 is 1.44 bits per heavy atom. The third-order valence-electron chi connectivity index (χ3n) is 4.11. The molecule has 100 valence electrons. The van der Waals surface area contributed by atoms with Crippen molar-refractivity contribution < 1.29 is 4.74 Å². The summed E-state index contributed by atoms with van der Waals surface area (Å²) in [6.07, 6.45) is 7.23. The monoisotopic (exact) mass is 251 g/mol. The van der Waals surface area contributed by atoms with Crippen LogP contribution in [-0.4, -0.2) is 35.4 Å². The molecule has 0 radical (unpaired) electrons. The summed E-state index contributed by atoms with van der Waals surface area (Å²) in [5.41, 5.74) is 0.136. The molecule has 0 spiro atoms. The van der Waals surface area contributed by atoms with E-state index in [0.29, 0.717) is 18.0 Å². The highest BCUT2D eigenvalue weighted by atomic mass is 16.5. The van der Waals surface area contributed by atoms with Crippen molar-refractivity contribution in [2.45, 2.75) is 37.9 Å². The molecule has 1 aliphatic heterocycles. The number of aromatic nitrogens is 2. The number of nitrogens with zero attached hydrogens (tertiary/aromatic N) is 2. The molecule has 1 aliphatic carbocycles. The predicted octanol–water partition coefficient (Wildman–Crippen LogP) is 0.609. The molecule has 5 nitrogen and oxygen atoms in total. The molecule has 18 heavy (non-hydrogen) atoms. The molecule has 2 aliphatic rings. The first-order valence-electron chi connectivity index (χ1n) is 6.82. The van der Waals surface area contributed by atoms with E-state index in [2.05, 4.69) is 5.32 Å². The summed E-state index contributed by atoms with van der Waals surface area (Å²) in [6, 6.07) is 0.779. The minimum Gasteiger partial charge on any atom is -0.381 e. The van der Waals surface area contributed by atoms with Crippen molar-refractivity contribution in [1.82, 2.24) is 14.5 Å². The van der Waals surface area contributed by atoms with Crippen molar-refractivity contribution in [2.75, 3.05) is 20.3 Å². The van der Waals surface area contributed by atoms with E-state index >= 15 is 0 Å². The molecule has 0 bridgehead atoms. The van der Waals surface area contributed by atoms with Crippen LogP contribution in [0.5, 0.6) is 0 Å². The second kappa shape index (κ2) is 4.90. The van der Waals surface area contributed by atoms with Crippen molar-refractivity contribution in [3.05, 3.63) is 22.9 Å². The van der Waals surface area contributed by atoms with Gasteiger partial charge < -0.3 is 10.1 Å². The van der Waals surface area contributed by atoms with E-state index in [1.807, 2.05) is 28.6 Å². The van der Waals surface area contributed by atoms with Gasteiger partial charge in [-0.15, -0.1) is 0 Å². The summed E-state index contributed by atoms with van der Waals surface area (Å²) in [5, 5.41) is 3.32. The third-order valence-corrected chi connectivity index (χ3v) is 4.11. The zero-order valence-corrected chi connectivity index (χ0v) is 10.8. The van der Waals surface area contributed by atoms with Gasteiger partial charge in [0.05, 0.1) is 6.61 Å². The van der Waals surface area contributed by atoms with Gasteiger partial charge in [-0.25, -0.2) is 4.79 Å². The Morgan fingerprint density at radius 3 is 2.89 bits per heavy atom. The standard InChI is InChI=1S/C13H21N3O2/c1-14-12(10-4-7-18-9-10)8-15-5-6-16(13(15)17)11-2-3-11/h5-6,10-12,14H,2-4,7-9H2,1H3. The smallest absolute Gasteiger partial charge is 0.328 e. The Bertz CT molecular complexity index is 455. The zero-order valence-electron chi connectivity index (χ0n) is 10.8. The number of hydrogen-bond acceptors (Lipinski definition) is 3. The third kappa shape index (κ3) is 2.24. The van der Waals surface area contributed by atoms with E-state index < -0.39 is 0 Å². The lowest BCUT2D eigenvalue weighted by molar-refractivity contribution is 0.174. The first kappa shape index (κ1) is 12.0. The van der Waals surface area contributed by atoms with Crippen molar-refractivity contribution in [3.8, 4) is 0 Å². The summed E-state index contributed by atoms with van der Waals surface area (Å²) in [5.74, 6) is 0.520. The van der Waals surface area contributed by atoms with E-state index in [0.717, 1.165) is 39.0 Å². The maximum atomic E-state index is 12.2. The minimum absolute atomic E-state index is 0.136. The Morgan fingerprint density at radius 2 is 2.28 bits per heavy atom. The lowest BCUT2D eigenvalue weighted by Crippen LogP contribution is -2.40. The quantitative estimate of drug-likeness (QED) is 0.834. The maximum absolute atomic E-state index is 12.2. The van der Waals surface area contributed by atoms with Gasteiger partial charge >= 0.3 is 5.69 Å². The van der Waals surface area contributed by atoms with Crippen LogP contribution in [0.4, 0.5) is 0 Å². The number of hydrogen-bond donors (Lipinski definition) is 1. The van der Waals surface area contributed by atoms with E-state index in [-0.39, 0.29) is 5.69 Å². The molecule has 1 saturated heterocycles. The molecule has 0 aromatic carbocycles. The Hall–Kier alpha value is -1.07. The van der Waals surface area contributed by atoms with Gasteiger partial charge in [-0.05, 0) is 26.3 Å². The molecular formula is C13H21N3O2. The van der Waals surface area contributed by atoms with Gasteiger partial charge in [-0.1, -0.05) is 0 Å². The normalized spacial score (nSPS) is 25.5. The van der Waals surface area contributed by atoms with Crippen molar-refractivity contribution in [1.29, 1.82) is 0 Å². The SMILES string of the molecule is CNC(Cn1ccn(C2CC2)c1=O)C1CCOC1. The average Bonchev–Trinajstić information content (AvgIpc) is 2.95. The number of rotatable bonds is 5. The topological polar surface area (TPSA) is 48.2 Å². The van der Waals surface area contributed by atoms with Crippen LogP contribution in [0.3, 0.4) is 0 Å². The van der Waals surface area contributed by atoms with Crippen LogP contribution in [0.25, 0.3) is 0 Å². The lowest BCUT2D eigenvalue weighted by atomic mass is 9.99. The zero-order chi connectivity index (χ0) is 12.5. The molecule has 1 N–H and O–H groups in total. The first-order chi connectivity index (χ1) is 8.79.